The zero-order chi connectivity index (χ0) is 11.4. The lowest BCUT2D eigenvalue weighted by atomic mass is 10.2. The van der Waals surface area contributed by atoms with Gasteiger partial charge in [-0.25, -0.2) is 9.97 Å². The highest BCUT2D eigenvalue weighted by atomic mass is 16.3. The van der Waals surface area contributed by atoms with Crippen LogP contribution in [0.5, 0.6) is 0 Å². The van der Waals surface area contributed by atoms with Gasteiger partial charge in [0.2, 0.25) is 0 Å². The number of nitrogens with zero attached hydrogens (tertiary/aromatic N) is 3. The molecule has 0 saturated carbocycles. The summed E-state index contributed by atoms with van der Waals surface area (Å²) in [5, 5.41) is 18.7. The third-order valence-electron chi connectivity index (χ3n) is 2.04. The van der Waals surface area contributed by atoms with Crippen molar-refractivity contribution in [1.82, 2.24) is 20.2 Å². The lowest BCUT2D eigenvalue weighted by molar-refractivity contribution is 0.208. The van der Waals surface area contributed by atoms with Crippen molar-refractivity contribution in [3.63, 3.8) is 0 Å². The van der Waals surface area contributed by atoms with E-state index < -0.39 is 6.10 Å². The monoisotopic (exact) mass is 219 g/mol. The molecule has 6 nitrogen and oxygen atoms in total. The topological polar surface area (TPSA) is 86.7 Å². The first-order valence-corrected chi connectivity index (χ1v) is 4.99. The van der Waals surface area contributed by atoms with Crippen molar-refractivity contribution in [2.75, 3.05) is 11.9 Å². The summed E-state index contributed by atoms with van der Waals surface area (Å²) >= 11 is 0. The molecule has 2 heterocycles. The minimum absolute atomic E-state index is 0.410. The average Bonchev–Trinajstić information content (AvgIpc) is 2.80. The predicted molar refractivity (Wildman–Crippen MR) is 59.8 cm³/mol. The van der Waals surface area contributed by atoms with E-state index in [9.17, 15) is 0 Å². The van der Waals surface area contributed by atoms with Gasteiger partial charge in [0.05, 0.1) is 18.0 Å². The standard InChI is InChI=1S/C10H13N5O/c1-7(16)3-11-10-2-9(12-6-13-10)8-4-14-15-5-8/h2,4-7,16H,3H2,1H3,(H,14,15)(H,11,12,13)/t7-/m0/s1. The van der Waals surface area contributed by atoms with E-state index in [4.69, 9.17) is 5.11 Å². The second kappa shape index (κ2) is 4.71. The SMILES string of the molecule is C[C@H](O)CNc1cc(-c2cn[nH]c2)ncn1. The van der Waals surface area contributed by atoms with Crippen LogP contribution in [0.4, 0.5) is 5.82 Å². The van der Waals surface area contributed by atoms with Crippen LogP contribution in [0.1, 0.15) is 6.92 Å². The number of aliphatic hydroxyl groups is 1. The molecule has 0 unspecified atom stereocenters. The lowest BCUT2D eigenvalue weighted by Gasteiger charge is -2.07. The number of aromatic nitrogens is 4. The summed E-state index contributed by atoms with van der Waals surface area (Å²) in [6, 6.07) is 1.81. The third kappa shape index (κ3) is 2.54. The van der Waals surface area contributed by atoms with E-state index in [2.05, 4.69) is 25.5 Å². The molecule has 0 aliphatic heterocycles. The maximum Gasteiger partial charge on any atom is 0.130 e. The maximum absolute atomic E-state index is 9.15. The highest BCUT2D eigenvalue weighted by Gasteiger charge is 2.03. The van der Waals surface area contributed by atoms with Gasteiger partial charge in [-0.2, -0.15) is 5.10 Å². The van der Waals surface area contributed by atoms with Gasteiger partial charge in [0.1, 0.15) is 12.1 Å². The van der Waals surface area contributed by atoms with Gasteiger partial charge in [-0.15, -0.1) is 0 Å². The molecule has 0 aromatic carbocycles. The van der Waals surface area contributed by atoms with E-state index in [1.54, 1.807) is 19.3 Å². The van der Waals surface area contributed by atoms with E-state index >= 15 is 0 Å². The number of H-pyrrole nitrogens is 1. The van der Waals surface area contributed by atoms with Crippen LogP contribution >= 0.6 is 0 Å². The molecule has 0 bridgehead atoms. The highest BCUT2D eigenvalue weighted by molar-refractivity contribution is 5.60. The first kappa shape index (κ1) is 10.6. The maximum atomic E-state index is 9.15. The molecule has 3 N–H and O–H groups in total. The number of nitrogens with one attached hydrogen (secondary N) is 2. The fourth-order valence-electron chi connectivity index (χ4n) is 1.26. The minimum atomic E-state index is -0.410. The molecule has 0 fully saturated rings. The van der Waals surface area contributed by atoms with Crippen molar-refractivity contribution in [2.24, 2.45) is 0 Å². The average molecular weight is 219 g/mol. The van der Waals surface area contributed by atoms with Gasteiger partial charge in [-0.3, -0.25) is 5.10 Å². The highest BCUT2D eigenvalue weighted by Crippen LogP contribution is 2.16. The molecule has 0 radical (unpaired) electrons. The second-order valence-electron chi connectivity index (χ2n) is 3.51. The molecule has 0 spiro atoms. The Labute approximate surface area is 92.8 Å². The van der Waals surface area contributed by atoms with Crippen molar-refractivity contribution in [1.29, 1.82) is 0 Å². The lowest BCUT2D eigenvalue weighted by Crippen LogP contribution is -2.16. The second-order valence-corrected chi connectivity index (χ2v) is 3.51. The number of hydrogen-bond acceptors (Lipinski definition) is 5. The zero-order valence-electron chi connectivity index (χ0n) is 8.88. The smallest absolute Gasteiger partial charge is 0.130 e. The first-order valence-electron chi connectivity index (χ1n) is 4.99. The zero-order valence-corrected chi connectivity index (χ0v) is 8.88. The van der Waals surface area contributed by atoms with E-state index in [1.807, 2.05) is 6.07 Å². The summed E-state index contributed by atoms with van der Waals surface area (Å²) in [6.07, 6.45) is 4.53. The van der Waals surface area contributed by atoms with Gasteiger partial charge in [-0.05, 0) is 6.92 Å². The van der Waals surface area contributed by atoms with Gasteiger partial charge in [-0.1, -0.05) is 0 Å². The molecule has 2 aromatic heterocycles. The first-order chi connectivity index (χ1) is 7.75. The van der Waals surface area contributed by atoms with Gasteiger partial charge < -0.3 is 10.4 Å². The Balaban J connectivity index is 2.14. The van der Waals surface area contributed by atoms with E-state index in [-0.39, 0.29) is 0 Å². The molecule has 84 valence electrons. The number of aromatic amines is 1. The number of rotatable bonds is 4. The fourth-order valence-corrected chi connectivity index (χ4v) is 1.26. The van der Waals surface area contributed by atoms with Gasteiger partial charge in [0.15, 0.2) is 0 Å². The molecule has 0 aliphatic rings. The predicted octanol–water partition coefficient (Wildman–Crippen LogP) is 0.659. The Morgan fingerprint density at radius 2 is 2.38 bits per heavy atom. The molecule has 2 aromatic rings. The van der Waals surface area contributed by atoms with Crippen LogP contribution in [0.3, 0.4) is 0 Å². The van der Waals surface area contributed by atoms with Gasteiger partial charge >= 0.3 is 0 Å². The Hall–Kier alpha value is -1.95. The van der Waals surface area contributed by atoms with Gasteiger partial charge in [0, 0.05) is 24.4 Å². The summed E-state index contributed by atoms with van der Waals surface area (Å²) in [7, 11) is 0. The van der Waals surface area contributed by atoms with Crippen LogP contribution in [-0.2, 0) is 0 Å². The molecule has 16 heavy (non-hydrogen) atoms. The molecular weight excluding hydrogens is 206 g/mol. The van der Waals surface area contributed by atoms with Crippen molar-refractivity contribution >= 4 is 5.82 Å². The van der Waals surface area contributed by atoms with Crippen LogP contribution in [0.25, 0.3) is 11.3 Å². The summed E-state index contributed by atoms with van der Waals surface area (Å²) < 4.78 is 0. The normalized spacial score (nSPS) is 12.4. The summed E-state index contributed by atoms with van der Waals surface area (Å²) in [6.45, 7) is 2.17. The molecular formula is C10H13N5O. The number of aliphatic hydroxyl groups excluding tert-OH is 1. The van der Waals surface area contributed by atoms with Crippen molar-refractivity contribution in [2.45, 2.75) is 13.0 Å². The van der Waals surface area contributed by atoms with E-state index in [0.29, 0.717) is 12.4 Å². The molecule has 0 saturated heterocycles. The van der Waals surface area contributed by atoms with Crippen LogP contribution in [-0.4, -0.2) is 37.9 Å². The summed E-state index contributed by atoms with van der Waals surface area (Å²) in [5.74, 6) is 0.687. The van der Waals surface area contributed by atoms with Crippen LogP contribution < -0.4 is 5.32 Å². The third-order valence-corrected chi connectivity index (χ3v) is 2.04. The Bertz CT molecular complexity index is 440. The number of hydrogen-bond donors (Lipinski definition) is 3. The van der Waals surface area contributed by atoms with E-state index in [0.717, 1.165) is 11.3 Å². The van der Waals surface area contributed by atoms with Gasteiger partial charge in [0.25, 0.3) is 0 Å². The Morgan fingerprint density at radius 1 is 1.50 bits per heavy atom. The summed E-state index contributed by atoms with van der Waals surface area (Å²) in [5.41, 5.74) is 1.69. The molecule has 0 aliphatic carbocycles. The summed E-state index contributed by atoms with van der Waals surface area (Å²) in [4.78, 5) is 8.19. The van der Waals surface area contributed by atoms with Crippen LogP contribution in [0, 0.1) is 0 Å². The minimum Gasteiger partial charge on any atom is -0.392 e. The fraction of sp³-hybridized carbons (Fsp3) is 0.300. The Kier molecular flexibility index (Phi) is 3.11. The van der Waals surface area contributed by atoms with E-state index in [1.165, 1.54) is 6.33 Å². The molecule has 6 heteroatoms. The molecule has 1 atom stereocenters. The molecule has 0 amide bonds. The molecule has 2 rings (SSSR count). The van der Waals surface area contributed by atoms with Crippen molar-refractivity contribution in [3.8, 4) is 11.3 Å². The quantitative estimate of drug-likeness (QED) is 0.703. The largest absolute Gasteiger partial charge is 0.392 e. The van der Waals surface area contributed by atoms with Crippen molar-refractivity contribution in [3.05, 3.63) is 24.8 Å². The van der Waals surface area contributed by atoms with Crippen LogP contribution in [0.15, 0.2) is 24.8 Å². The Morgan fingerprint density at radius 3 is 3.06 bits per heavy atom. The number of anilines is 1. The van der Waals surface area contributed by atoms with Crippen LogP contribution in [0.2, 0.25) is 0 Å². The van der Waals surface area contributed by atoms with Crippen molar-refractivity contribution < 1.29 is 5.11 Å².